The van der Waals surface area contributed by atoms with E-state index in [0.29, 0.717) is 47.6 Å². The van der Waals surface area contributed by atoms with Crippen LogP contribution in [0.1, 0.15) is 16.4 Å². The molecule has 0 spiro atoms. The number of fused-ring (bicyclic) bond motifs is 2. The van der Waals surface area contributed by atoms with Crippen molar-refractivity contribution in [2.24, 2.45) is 5.92 Å². The van der Waals surface area contributed by atoms with Crippen molar-refractivity contribution in [1.82, 2.24) is 9.47 Å². The number of hydrogen-bond acceptors (Lipinski definition) is 8. The monoisotopic (exact) mass is 629 g/mol. The van der Waals surface area contributed by atoms with E-state index in [1.165, 1.54) is 21.2 Å². The van der Waals surface area contributed by atoms with Gasteiger partial charge in [0.2, 0.25) is 17.7 Å². The maximum atomic E-state index is 14.0. The molecule has 0 N–H and O–H groups in total. The molecule has 0 bridgehead atoms. The van der Waals surface area contributed by atoms with E-state index < -0.39 is 17.1 Å². The molecule has 3 aliphatic rings. The predicted molar refractivity (Wildman–Crippen MR) is 151 cm³/mol. The number of ether oxygens (including phenoxy) is 2. The van der Waals surface area contributed by atoms with Crippen LogP contribution in [0, 0.1) is 5.92 Å². The van der Waals surface area contributed by atoms with E-state index >= 15 is 0 Å². The highest BCUT2D eigenvalue weighted by molar-refractivity contribution is 9.10. The van der Waals surface area contributed by atoms with Crippen LogP contribution in [0.3, 0.4) is 0 Å². The number of benzene rings is 2. The van der Waals surface area contributed by atoms with Gasteiger partial charge in [-0.2, -0.15) is 0 Å². The second kappa shape index (κ2) is 10.6. The maximum Gasteiger partial charge on any atom is 0.308 e. The topological polar surface area (TPSA) is 98.2 Å². The Labute approximate surface area is 240 Å². The summed E-state index contributed by atoms with van der Waals surface area (Å²) < 4.78 is 12.9. The van der Waals surface area contributed by atoms with Crippen molar-refractivity contribution >= 4 is 62.4 Å². The number of carbonyl (C=O) groups is 3. The number of nitrogens with zero attached hydrogens (tertiary/aromatic N) is 3. The lowest BCUT2D eigenvalue weighted by Crippen LogP contribution is -2.43. The minimum Gasteiger partial charge on any atom is -0.497 e. The Balaban J connectivity index is 1.42. The summed E-state index contributed by atoms with van der Waals surface area (Å²) in [4.78, 5) is 57.5. The highest BCUT2D eigenvalue weighted by atomic mass is 79.9. The van der Waals surface area contributed by atoms with Gasteiger partial charge in [-0.15, -0.1) is 0 Å². The summed E-state index contributed by atoms with van der Waals surface area (Å²) in [5.74, 6) is -1.41. The van der Waals surface area contributed by atoms with Crippen LogP contribution in [-0.4, -0.2) is 65.9 Å². The van der Waals surface area contributed by atoms with E-state index in [4.69, 9.17) is 9.47 Å². The van der Waals surface area contributed by atoms with Gasteiger partial charge in [0.15, 0.2) is 0 Å². The molecule has 6 rings (SSSR count). The number of methoxy groups -OCH3 is 1. The highest BCUT2D eigenvalue weighted by Crippen LogP contribution is 2.54. The molecular formula is C27H24BrN3O6S2. The molecule has 4 heterocycles. The number of hydrogen-bond donors (Lipinski definition) is 0. The molecule has 2 unspecified atom stereocenters. The van der Waals surface area contributed by atoms with Gasteiger partial charge >= 0.3 is 4.87 Å². The van der Waals surface area contributed by atoms with Gasteiger partial charge in [-0.25, -0.2) is 4.90 Å². The smallest absolute Gasteiger partial charge is 0.308 e. The van der Waals surface area contributed by atoms with Crippen LogP contribution in [0.2, 0.25) is 0 Å². The fraction of sp³-hybridized carbons (Fsp3) is 0.333. The van der Waals surface area contributed by atoms with E-state index in [9.17, 15) is 19.2 Å². The van der Waals surface area contributed by atoms with E-state index in [1.807, 2.05) is 24.3 Å². The fourth-order valence-electron chi connectivity index (χ4n) is 5.35. The van der Waals surface area contributed by atoms with Crippen molar-refractivity contribution in [2.75, 3.05) is 38.3 Å². The normalized spacial score (nSPS) is 22.6. The molecule has 3 aliphatic heterocycles. The summed E-state index contributed by atoms with van der Waals surface area (Å²) in [6.07, 6.45) is 0. The van der Waals surface area contributed by atoms with Crippen LogP contribution in [0.25, 0.3) is 0 Å². The van der Waals surface area contributed by atoms with Crippen LogP contribution in [0.4, 0.5) is 5.69 Å². The summed E-state index contributed by atoms with van der Waals surface area (Å²) in [5, 5.41) is -0.162. The second-order valence-corrected chi connectivity index (χ2v) is 12.5. The number of halogens is 1. The Morgan fingerprint density at radius 3 is 2.51 bits per heavy atom. The standard InChI is InChI=1S/C27H24BrN3O6S2/c1-36-18-7-5-17(6-8-18)31-24(33)21-20(15-3-2-4-16(28)13-15)23-26(38-22(21)25(31)34)30(27(35)39-23)14-19(32)29-9-11-37-12-10-29/h2-8,13,20-22H,9-12,14H2,1H3/t20-,21?,22?/m1/s1. The Bertz CT molecular complexity index is 1510. The van der Waals surface area contributed by atoms with E-state index in [2.05, 4.69) is 15.9 Å². The molecule has 0 radical (unpaired) electrons. The van der Waals surface area contributed by atoms with E-state index in [-0.39, 0.29) is 29.1 Å². The summed E-state index contributed by atoms with van der Waals surface area (Å²) in [5.41, 5.74) is 1.29. The van der Waals surface area contributed by atoms with Gasteiger partial charge in [-0.1, -0.05) is 51.2 Å². The zero-order valence-corrected chi connectivity index (χ0v) is 24.1. The lowest BCUT2D eigenvalue weighted by Gasteiger charge is -2.31. The Morgan fingerprint density at radius 2 is 1.82 bits per heavy atom. The highest BCUT2D eigenvalue weighted by Gasteiger charge is 2.56. The number of aromatic nitrogens is 1. The largest absolute Gasteiger partial charge is 0.497 e. The number of imide groups is 1. The SMILES string of the molecule is COc1ccc(N2C(=O)C3Sc4c(sc(=O)n4CC(=O)N4CCOCC4)[C@H](c4cccc(Br)c4)C3C2=O)cc1. The molecule has 1 aromatic heterocycles. The predicted octanol–water partition coefficient (Wildman–Crippen LogP) is 3.34. The van der Waals surface area contributed by atoms with Crippen molar-refractivity contribution in [2.45, 2.75) is 22.7 Å². The van der Waals surface area contributed by atoms with Gasteiger partial charge in [-0.3, -0.25) is 23.7 Å². The van der Waals surface area contributed by atoms with Crippen molar-refractivity contribution in [3.63, 3.8) is 0 Å². The molecule has 12 heteroatoms. The summed E-state index contributed by atoms with van der Waals surface area (Å²) >= 11 is 5.78. The second-order valence-electron chi connectivity index (χ2n) is 9.42. The first-order valence-electron chi connectivity index (χ1n) is 12.4. The van der Waals surface area contributed by atoms with Crippen LogP contribution in [0.15, 0.2) is 62.8 Å². The third-order valence-electron chi connectivity index (χ3n) is 7.24. The zero-order valence-electron chi connectivity index (χ0n) is 20.9. The molecule has 3 aromatic rings. The minimum absolute atomic E-state index is 0.120. The van der Waals surface area contributed by atoms with Gasteiger partial charge in [0.05, 0.1) is 37.0 Å². The molecular weight excluding hydrogens is 606 g/mol. The fourth-order valence-corrected chi connectivity index (χ4v) is 8.54. The summed E-state index contributed by atoms with van der Waals surface area (Å²) in [6.45, 7) is 1.75. The van der Waals surface area contributed by atoms with Gasteiger partial charge in [0.1, 0.15) is 17.5 Å². The lowest BCUT2D eigenvalue weighted by molar-refractivity contribution is -0.136. The zero-order chi connectivity index (χ0) is 27.3. The molecule has 3 atom stereocenters. The van der Waals surface area contributed by atoms with Gasteiger partial charge in [0, 0.05) is 28.4 Å². The number of thiazole rings is 1. The third kappa shape index (κ3) is 4.62. The van der Waals surface area contributed by atoms with Crippen molar-refractivity contribution in [3.8, 4) is 5.75 Å². The maximum absolute atomic E-state index is 14.0. The van der Waals surface area contributed by atoms with Crippen LogP contribution < -0.4 is 14.5 Å². The molecule has 0 saturated carbocycles. The average Bonchev–Trinajstić information content (AvgIpc) is 3.39. The number of anilines is 1. The van der Waals surface area contributed by atoms with Crippen LogP contribution in [0.5, 0.6) is 5.75 Å². The first kappa shape index (κ1) is 26.3. The van der Waals surface area contributed by atoms with Crippen LogP contribution >= 0.6 is 39.0 Å². The summed E-state index contributed by atoms with van der Waals surface area (Å²) in [7, 11) is 1.55. The Kier molecular flexibility index (Phi) is 7.13. The molecule has 39 heavy (non-hydrogen) atoms. The van der Waals surface area contributed by atoms with Crippen molar-refractivity contribution in [1.29, 1.82) is 0 Å². The van der Waals surface area contributed by atoms with Gasteiger partial charge in [-0.05, 0) is 42.0 Å². The molecule has 2 saturated heterocycles. The number of rotatable bonds is 5. The van der Waals surface area contributed by atoms with Crippen molar-refractivity contribution < 1.29 is 23.9 Å². The van der Waals surface area contributed by atoms with Gasteiger partial charge in [0.25, 0.3) is 0 Å². The van der Waals surface area contributed by atoms with Crippen LogP contribution in [-0.2, 0) is 25.7 Å². The first-order valence-corrected chi connectivity index (χ1v) is 14.9. The quantitative estimate of drug-likeness (QED) is 0.399. The number of morpholine rings is 1. The molecule has 2 fully saturated rings. The molecule has 3 amide bonds. The average molecular weight is 631 g/mol. The first-order chi connectivity index (χ1) is 18.9. The third-order valence-corrected chi connectivity index (χ3v) is 10.3. The molecule has 9 nitrogen and oxygen atoms in total. The number of carbonyl (C=O) groups excluding carboxylic acids is 3. The lowest BCUT2D eigenvalue weighted by atomic mass is 9.83. The molecule has 202 valence electrons. The van der Waals surface area contributed by atoms with E-state index in [0.717, 1.165) is 21.4 Å². The Hall–Kier alpha value is -2.93. The van der Waals surface area contributed by atoms with Crippen molar-refractivity contribution in [3.05, 3.63) is 73.1 Å². The number of amides is 3. The van der Waals surface area contributed by atoms with Gasteiger partial charge < -0.3 is 14.4 Å². The molecule has 2 aromatic carbocycles. The minimum atomic E-state index is -0.741. The Morgan fingerprint density at radius 1 is 1.08 bits per heavy atom. The number of thioether (sulfide) groups is 1. The summed E-state index contributed by atoms with van der Waals surface area (Å²) in [6, 6.07) is 14.4. The molecule has 0 aliphatic carbocycles. The van der Waals surface area contributed by atoms with E-state index in [1.54, 1.807) is 36.3 Å².